The first kappa shape index (κ1) is 12.5. The van der Waals surface area contributed by atoms with Crippen molar-refractivity contribution in [2.24, 2.45) is 0 Å². The molecule has 1 aromatic heterocycles. The number of anilines is 1. The van der Waals surface area contributed by atoms with Crippen molar-refractivity contribution in [3.05, 3.63) is 18.1 Å². The first-order valence-corrected chi connectivity index (χ1v) is 5.79. The predicted octanol–water partition coefficient (Wildman–Crippen LogP) is 0.422. The Kier molecular flexibility index (Phi) is 4.15. The third kappa shape index (κ3) is 2.51. The molecular formula is C11H17ClN4O. The molecule has 0 amide bonds. The summed E-state index contributed by atoms with van der Waals surface area (Å²) in [6.07, 6.45) is 3.57. The topological polar surface area (TPSA) is 50.3 Å². The molecule has 0 spiro atoms. The van der Waals surface area contributed by atoms with Gasteiger partial charge in [-0.2, -0.15) is 0 Å². The van der Waals surface area contributed by atoms with Crippen molar-refractivity contribution >= 4 is 18.2 Å². The van der Waals surface area contributed by atoms with E-state index in [0.29, 0.717) is 5.92 Å². The van der Waals surface area contributed by atoms with Crippen LogP contribution in [0.25, 0.3) is 0 Å². The van der Waals surface area contributed by atoms with Crippen molar-refractivity contribution in [2.75, 3.05) is 44.3 Å². The van der Waals surface area contributed by atoms with E-state index in [4.69, 9.17) is 4.74 Å². The molecule has 3 rings (SSSR count). The number of aromatic nitrogens is 2. The van der Waals surface area contributed by atoms with E-state index in [2.05, 4.69) is 20.2 Å². The molecule has 0 atom stereocenters. The van der Waals surface area contributed by atoms with Crippen LogP contribution < -0.4 is 10.2 Å². The molecule has 0 saturated carbocycles. The van der Waals surface area contributed by atoms with E-state index in [1.165, 1.54) is 0 Å². The monoisotopic (exact) mass is 256 g/mol. The van der Waals surface area contributed by atoms with E-state index >= 15 is 0 Å². The summed E-state index contributed by atoms with van der Waals surface area (Å²) in [5.74, 6) is 1.59. The molecule has 0 radical (unpaired) electrons. The number of morpholine rings is 1. The Morgan fingerprint density at radius 2 is 1.88 bits per heavy atom. The van der Waals surface area contributed by atoms with Crippen LogP contribution in [0.3, 0.4) is 0 Å². The Labute approximate surface area is 107 Å². The van der Waals surface area contributed by atoms with Crippen LogP contribution in [0.15, 0.2) is 12.4 Å². The van der Waals surface area contributed by atoms with Gasteiger partial charge in [0.2, 0.25) is 0 Å². The second-order valence-electron chi connectivity index (χ2n) is 4.22. The predicted molar refractivity (Wildman–Crippen MR) is 67.9 cm³/mol. The van der Waals surface area contributed by atoms with Crippen LogP contribution in [0.2, 0.25) is 0 Å². The molecular weight excluding hydrogens is 240 g/mol. The molecule has 5 nitrogen and oxygen atoms in total. The molecule has 94 valence electrons. The molecule has 0 aromatic carbocycles. The Morgan fingerprint density at radius 1 is 1.18 bits per heavy atom. The fourth-order valence-corrected chi connectivity index (χ4v) is 2.13. The number of hydrogen-bond acceptors (Lipinski definition) is 5. The zero-order valence-electron chi connectivity index (χ0n) is 9.63. The molecule has 1 N–H and O–H groups in total. The lowest BCUT2D eigenvalue weighted by Crippen LogP contribution is -2.43. The molecule has 2 aliphatic rings. The zero-order valence-corrected chi connectivity index (χ0v) is 10.4. The van der Waals surface area contributed by atoms with E-state index in [1.807, 2.05) is 0 Å². The SMILES string of the molecule is Cl.c1cnc(N2CCOCC2)c(C2CNC2)n1. The first-order chi connectivity index (χ1) is 7.95. The van der Waals surface area contributed by atoms with E-state index < -0.39 is 0 Å². The van der Waals surface area contributed by atoms with Gasteiger partial charge in [-0.3, -0.25) is 4.98 Å². The quantitative estimate of drug-likeness (QED) is 0.831. The van der Waals surface area contributed by atoms with Gasteiger partial charge in [0, 0.05) is 44.5 Å². The number of rotatable bonds is 2. The Balaban J connectivity index is 0.00000108. The molecule has 2 saturated heterocycles. The largest absolute Gasteiger partial charge is 0.378 e. The average molecular weight is 257 g/mol. The van der Waals surface area contributed by atoms with E-state index in [1.54, 1.807) is 12.4 Å². The van der Waals surface area contributed by atoms with Gasteiger partial charge in [0.1, 0.15) is 0 Å². The second kappa shape index (κ2) is 5.62. The molecule has 0 aliphatic carbocycles. The maximum Gasteiger partial charge on any atom is 0.150 e. The fraction of sp³-hybridized carbons (Fsp3) is 0.636. The average Bonchev–Trinajstić information content (AvgIpc) is 2.29. The van der Waals surface area contributed by atoms with Crippen LogP contribution in [0.4, 0.5) is 5.82 Å². The van der Waals surface area contributed by atoms with Gasteiger partial charge in [0.15, 0.2) is 5.82 Å². The van der Waals surface area contributed by atoms with Crippen LogP contribution in [0.1, 0.15) is 11.6 Å². The van der Waals surface area contributed by atoms with Gasteiger partial charge in [0.25, 0.3) is 0 Å². The smallest absolute Gasteiger partial charge is 0.150 e. The Morgan fingerprint density at radius 3 is 2.53 bits per heavy atom. The normalized spacial score (nSPS) is 20.6. The highest BCUT2D eigenvalue weighted by atomic mass is 35.5. The van der Waals surface area contributed by atoms with Gasteiger partial charge >= 0.3 is 0 Å². The second-order valence-corrected chi connectivity index (χ2v) is 4.22. The van der Waals surface area contributed by atoms with Crippen molar-refractivity contribution < 1.29 is 4.74 Å². The van der Waals surface area contributed by atoms with E-state index in [9.17, 15) is 0 Å². The number of nitrogens with one attached hydrogen (secondary N) is 1. The maximum absolute atomic E-state index is 5.36. The molecule has 1 aromatic rings. The van der Waals surface area contributed by atoms with Gasteiger partial charge < -0.3 is 15.0 Å². The van der Waals surface area contributed by atoms with E-state index in [0.717, 1.165) is 50.9 Å². The standard InChI is InChI=1S/C11H16N4O.ClH/c1-2-14-11(15-3-5-16-6-4-15)10(13-1)9-7-12-8-9;/h1-2,9,12H,3-8H2;1H. The van der Waals surface area contributed by atoms with Crippen molar-refractivity contribution in [3.63, 3.8) is 0 Å². The summed E-state index contributed by atoms with van der Waals surface area (Å²) in [6.45, 7) is 5.47. The van der Waals surface area contributed by atoms with Crippen molar-refractivity contribution in [1.29, 1.82) is 0 Å². The lowest BCUT2D eigenvalue weighted by molar-refractivity contribution is 0.122. The first-order valence-electron chi connectivity index (χ1n) is 5.79. The van der Waals surface area contributed by atoms with Gasteiger partial charge in [0.05, 0.1) is 18.9 Å². The van der Waals surface area contributed by atoms with Crippen LogP contribution in [0.5, 0.6) is 0 Å². The summed E-state index contributed by atoms with van der Waals surface area (Å²) in [5, 5.41) is 3.28. The van der Waals surface area contributed by atoms with Gasteiger partial charge in [-0.05, 0) is 0 Å². The molecule has 0 unspecified atom stereocenters. The van der Waals surface area contributed by atoms with Crippen molar-refractivity contribution in [3.8, 4) is 0 Å². The van der Waals surface area contributed by atoms with Crippen LogP contribution in [-0.4, -0.2) is 49.4 Å². The summed E-state index contributed by atoms with van der Waals surface area (Å²) in [4.78, 5) is 11.3. The van der Waals surface area contributed by atoms with Crippen LogP contribution >= 0.6 is 12.4 Å². The molecule has 17 heavy (non-hydrogen) atoms. The zero-order chi connectivity index (χ0) is 10.8. The highest BCUT2D eigenvalue weighted by molar-refractivity contribution is 5.85. The molecule has 3 heterocycles. The molecule has 0 bridgehead atoms. The summed E-state index contributed by atoms with van der Waals surface area (Å²) in [7, 11) is 0. The van der Waals surface area contributed by atoms with E-state index in [-0.39, 0.29) is 12.4 Å². The van der Waals surface area contributed by atoms with Crippen LogP contribution in [0, 0.1) is 0 Å². The summed E-state index contributed by atoms with van der Waals surface area (Å²) >= 11 is 0. The third-order valence-electron chi connectivity index (χ3n) is 3.18. The number of halogens is 1. The third-order valence-corrected chi connectivity index (χ3v) is 3.18. The minimum Gasteiger partial charge on any atom is -0.378 e. The van der Waals surface area contributed by atoms with Gasteiger partial charge in [-0.25, -0.2) is 4.98 Å². The number of ether oxygens (including phenoxy) is 1. The van der Waals surface area contributed by atoms with Gasteiger partial charge in [-0.1, -0.05) is 0 Å². The lowest BCUT2D eigenvalue weighted by atomic mass is 9.98. The summed E-state index contributed by atoms with van der Waals surface area (Å²) < 4.78 is 5.36. The molecule has 2 aliphatic heterocycles. The Hall–Kier alpha value is -0.910. The number of nitrogens with zero attached hydrogens (tertiary/aromatic N) is 3. The molecule has 2 fully saturated rings. The Bertz CT molecular complexity index is 366. The highest BCUT2D eigenvalue weighted by Gasteiger charge is 2.26. The summed E-state index contributed by atoms with van der Waals surface area (Å²) in [5.41, 5.74) is 1.14. The van der Waals surface area contributed by atoms with Crippen LogP contribution in [-0.2, 0) is 4.74 Å². The van der Waals surface area contributed by atoms with Crippen molar-refractivity contribution in [2.45, 2.75) is 5.92 Å². The highest BCUT2D eigenvalue weighted by Crippen LogP contribution is 2.26. The summed E-state index contributed by atoms with van der Waals surface area (Å²) in [6, 6.07) is 0. The van der Waals surface area contributed by atoms with Crippen molar-refractivity contribution in [1.82, 2.24) is 15.3 Å². The molecule has 6 heteroatoms. The maximum atomic E-state index is 5.36. The minimum absolute atomic E-state index is 0. The number of hydrogen-bond donors (Lipinski definition) is 1. The van der Waals surface area contributed by atoms with Gasteiger partial charge in [-0.15, -0.1) is 12.4 Å². The fourth-order valence-electron chi connectivity index (χ4n) is 2.13. The lowest BCUT2D eigenvalue weighted by Gasteiger charge is -2.33. The minimum atomic E-state index is 0.